The minimum Gasteiger partial charge on any atom is -0.464 e. The molecule has 0 unspecified atom stereocenters. The van der Waals surface area contributed by atoms with E-state index in [1.807, 2.05) is 0 Å². The lowest BCUT2D eigenvalue weighted by molar-refractivity contribution is -0.385. The Morgan fingerprint density at radius 3 is 3.00 bits per heavy atom. The van der Waals surface area contributed by atoms with Crippen LogP contribution in [-0.4, -0.2) is 16.5 Å². The van der Waals surface area contributed by atoms with Gasteiger partial charge in [0.1, 0.15) is 5.15 Å². The Labute approximate surface area is 84.8 Å². The standard InChI is InChI=1S/C8H5ClN2O3/c1-2-3-14-8-5-6(11(12)13)4-7(9)10-8/h1,4-5H,3H2. The number of aromatic nitrogens is 1. The van der Waals surface area contributed by atoms with E-state index in [0.717, 1.165) is 12.1 Å². The highest BCUT2D eigenvalue weighted by molar-refractivity contribution is 6.29. The molecule has 0 aliphatic heterocycles. The van der Waals surface area contributed by atoms with E-state index in [0.29, 0.717) is 0 Å². The Morgan fingerprint density at radius 1 is 1.71 bits per heavy atom. The van der Waals surface area contributed by atoms with Crippen LogP contribution < -0.4 is 4.74 Å². The molecule has 14 heavy (non-hydrogen) atoms. The molecule has 0 amide bonds. The molecule has 0 aliphatic carbocycles. The van der Waals surface area contributed by atoms with E-state index >= 15 is 0 Å². The zero-order valence-electron chi connectivity index (χ0n) is 6.94. The van der Waals surface area contributed by atoms with Gasteiger partial charge in [-0.05, 0) is 0 Å². The predicted octanol–water partition coefficient (Wildman–Crippen LogP) is 1.66. The molecule has 6 heteroatoms. The van der Waals surface area contributed by atoms with Crippen molar-refractivity contribution in [1.29, 1.82) is 0 Å². The molecule has 0 aliphatic rings. The van der Waals surface area contributed by atoms with Crippen LogP contribution in [0.25, 0.3) is 0 Å². The molecule has 0 radical (unpaired) electrons. The SMILES string of the molecule is C#CCOc1cc([N+](=O)[O-])cc(Cl)n1. The lowest BCUT2D eigenvalue weighted by Gasteiger charge is -2.00. The molecule has 0 bridgehead atoms. The van der Waals surface area contributed by atoms with Crippen molar-refractivity contribution in [1.82, 2.24) is 4.98 Å². The second-order valence-corrected chi connectivity index (χ2v) is 2.62. The number of terminal acetylenes is 1. The molecular weight excluding hydrogens is 208 g/mol. The lowest BCUT2D eigenvalue weighted by atomic mass is 10.4. The third-order valence-corrected chi connectivity index (χ3v) is 1.46. The van der Waals surface area contributed by atoms with Crippen LogP contribution in [0.1, 0.15) is 0 Å². The van der Waals surface area contributed by atoms with Gasteiger partial charge in [0.25, 0.3) is 5.69 Å². The van der Waals surface area contributed by atoms with Crippen molar-refractivity contribution < 1.29 is 9.66 Å². The average molecular weight is 213 g/mol. The Morgan fingerprint density at radius 2 is 2.43 bits per heavy atom. The zero-order chi connectivity index (χ0) is 10.6. The number of nitrogens with zero attached hydrogens (tertiary/aromatic N) is 2. The van der Waals surface area contributed by atoms with Crippen LogP contribution in [0.15, 0.2) is 12.1 Å². The Hall–Kier alpha value is -1.80. The van der Waals surface area contributed by atoms with Gasteiger partial charge in [-0.1, -0.05) is 17.5 Å². The summed E-state index contributed by atoms with van der Waals surface area (Å²) in [6.07, 6.45) is 4.94. The van der Waals surface area contributed by atoms with Crippen LogP contribution in [0.5, 0.6) is 5.88 Å². The quantitative estimate of drug-likeness (QED) is 0.331. The molecule has 0 saturated carbocycles. The second kappa shape index (κ2) is 4.44. The first-order valence-electron chi connectivity index (χ1n) is 3.51. The Balaban J connectivity index is 2.96. The lowest BCUT2D eigenvalue weighted by Crippen LogP contribution is -1.97. The Kier molecular flexibility index (Phi) is 3.26. The summed E-state index contributed by atoms with van der Waals surface area (Å²) in [4.78, 5) is 13.5. The first-order chi connectivity index (χ1) is 6.63. The van der Waals surface area contributed by atoms with Gasteiger partial charge in [-0.15, -0.1) is 6.42 Å². The molecule has 1 aromatic rings. The van der Waals surface area contributed by atoms with Crippen molar-refractivity contribution in [2.75, 3.05) is 6.61 Å². The maximum absolute atomic E-state index is 10.4. The summed E-state index contributed by atoms with van der Waals surface area (Å²) in [6, 6.07) is 2.29. The number of ether oxygens (including phenoxy) is 1. The zero-order valence-corrected chi connectivity index (χ0v) is 7.69. The van der Waals surface area contributed by atoms with Gasteiger partial charge in [0.05, 0.1) is 17.1 Å². The van der Waals surface area contributed by atoms with E-state index in [-0.39, 0.29) is 23.3 Å². The maximum atomic E-state index is 10.4. The van der Waals surface area contributed by atoms with Gasteiger partial charge >= 0.3 is 0 Å². The van der Waals surface area contributed by atoms with Gasteiger partial charge in [-0.25, -0.2) is 4.98 Å². The number of nitro groups is 1. The van der Waals surface area contributed by atoms with Crippen LogP contribution in [0.3, 0.4) is 0 Å². The third-order valence-electron chi connectivity index (χ3n) is 1.27. The van der Waals surface area contributed by atoms with Gasteiger partial charge < -0.3 is 4.74 Å². The normalized spacial score (nSPS) is 9.14. The van der Waals surface area contributed by atoms with Crippen molar-refractivity contribution in [3.8, 4) is 18.2 Å². The summed E-state index contributed by atoms with van der Waals surface area (Å²) in [6.45, 7) is -0.00943. The topological polar surface area (TPSA) is 65.3 Å². The number of hydrogen-bond donors (Lipinski definition) is 0. The fourth-order valence-corrected chi connectivity index (χ4v) is 0.950. The first-order valence-corrected chi connectivity index (χ1v) is 3.89. The molecule has 72 valence electrons. The van der Waals surface area contributed by atoms with E-state index in [1.165, 1.54) is 0 Å². The van der Waals surface area contributed by atoms with Crippen LogP contribution in [0, 0.1) is 22.5 Å². The summed E-state index contributed by atoms with van der Waals surface area (Å²) in [7, 11) is 0. The molecule has 0 aromatic carbocycles. The van der Waals surface area contributed by atoms with Crippen LogP contribution in [0.4, 0.5) is 5.69 Å². The highest BCUT2D eigenvalue weighted by Crippen LogP contribution is 2.21. The Bertz CT molecular complexity index is 400. The molecule has 0 N–H and O–H groups in total. The van der Waals surface area contributed by atoms with Crippen molar-refractivity contribution in [3.05, 3.63) is 27.4 Å². The van der Waals surface area contributed by atoms with E-state index in [2.05, 4.69) is 10.9 Å². The van der Waals surface area contributed by atoms with Gasteiger partial charge in [0, 0.05) is 0 Å². The number of hydrogen-bond acceptors (Lipinski definition) is 4. The smallest absolute Gasteiger partial charge is 0.277 e. The molecule has 0 saturated heterocycles. The minimum absolute atomic E-state index is 0.00813. The third kappa shape index (κ3) is 2.61. The first kappa shape index (κ1) is 10.3. The van der Waals surface area contributed by atoms with Crippen molar-refractivity contribution in [2.45, 2.75) is 0 Å². The van der Waals surface area contributed by atoms with E-state index in [1.54, 1.807) is 0 Å². The van der Waals surface area contributed by atoms with Crippen LogP contribution >= 0.6 is 11.6 Å². The van der Waals surface area contributed by atoms with E-state index < -0.39 is 4.92 Å². The average Bonchev–Trinajstić information content (AvgIpc) is 2.14. The molecule has 0 spiro atoms. The second-order valence-electron chi connectivity index (χ2n) is 2.24. The van der Waals surface area contributed by atoms with Crippen molar-refractivity contribution in [2.24, 2.45) is 0 Å². The highest BCUT2D eigenvalue weighted by Gasteiger charge is 2.10. The summed E-state index contributed by atoms with van der Waals surface area (Å²) in [5, 5.41) is 10.4. The molecular formula is C8H5ClN2O3. The van der Waals surface area contributed by atoms with E-state index in [4.69, 9.17) is 22.8 Å². The summed E-state index contributed by atoms with van der Waals surface area (Å²) >= 11 is 5.53. The molecule has 1 rings (SSSR count). The molecule has 0 atom stereocenters. The molecule has 1 aromatic heterocycles. The van der Waals surface area contributed by atoms with Crippen molar-refractivity contribution >= 4 is 17.3 Å². The van der Waals surface area contributed by atoms with Gasteiger partial charge in [0.15, 0.2) is 6.61 Å². The van der Waals surface area contributed by atoms with Crippen LogP contribution in [-0.2, 0) is 0 Å². The van der Waals surface area contributed by atoms with Gasteiger partial charge in [-0.2, -0.15) is 0 Å². The van der Waals surface area contributed by atoms with Gasteiger partial charge in [-0.3, -0.25) is 10.1 Å². The fourth-order valence-electron chi connectivity index (χ4n) is 0.755. The van der Waals surface area contributed by atoms with Gasteiger partial charge in [0.2, 0.25) is 5.88 Å². The molecule has 0 fully saturated rings. The molecule has 1 heterocycles. The molecule has 5 nitrogen and oxygen atoms in total. The number of rotatable bonds is 3. The van der Waals surface area contributed by atoms with Crippen LogP contribution in [0.2, 0.25) is 5.15 Å². The predicted molar refractivity (Wildman–Crippen MR) is 50.2 cm³/mol. The van der Waals surface area contributed by atoms with E-state index in [9.17, 15) is 10.1 Å². The largest absolute Gasteiger partial charge is 0.464 e. The number of pyridine rings is 1. The maximum Gasteiger partial charge on any atom is 0.277 e. The minimum atomic E-state index is -0.587. The van der Waals surface area contributed by atoms with Crippen molar-refractivity contribution in [3.63, 3.8) is 0 Å². The highest BCUT2D eigenvalue weighted by atomic mass is 35.5. The number of halogens is 1. The summed E-state index contributed by atoms with van der Waals surface area (Å²) < 4.78 is 4.89. The summed E-state index contributed by atoms with van der Waals surface area (Å²) in [5.74, 6) is 2.25. The summed E-state index contributed by atoms with van der Waals surface area (Å²) in [5.41, 5.74) is -0.183. The monoisotopic (exact) mass is 212 g/mol. The fraction of sp³-hybridized carbons (Fsp3) is 0.125.